The lowest BCUT2D eigenvalue weighted by Crippen LogP contribution is -2.46. The Bertz CT molecular complexity index is 805. The molecule has 3 nitrogen and oxygen atoms in total. The first kappa shape index (κ1) is 17.8. The number of anilines is 2. The fourth-order valence-corrected chi connectivity index (χ4v) is 4.56. The van der Waals surface area contributed by atoms with Crippen molar-refractivity contribution in [3.05, 3.63) is 72.3 Å². The Morgan fingerprint density at radius 3 is 2.52 bits per heavy atom. The Kier molecular flexibility index (Phi) is 5.28. The summed E-state index contributed by atoms with van der Waals surface area (Å²) < 4.78 is 0. The summed E-state index contributed by atoms with van der Waals surface area (Å²) in [7, 11) is 0. The smallest absolute Gasteiger partial charge is 0.243 e. The average Bonchev–Trinajstić information content (AvgIpc) is 2.74. The molecule has 1 atom stereocenters. The summed E-state index contributed by atoms with van der Waals surface area (Å²) in [4.78, 5) is 14.1. The number of hydrogen-bond acceptors (Lipinski definition) is 2. The third-order valence-corrected chi connectivity index (χ3v) is 5.96. The van der Waals surface area contributed by atoms with Crippen LogP contribution in [0.3, 0.4) is 0 Å². The number of carbonyl (C=O) groups excluding carboxylic acids is 1. The van der Waals surface area contributed by atoms with E-state index in [1.54, 1.807) is 0 Å². The molecule has 1 saturated carbocycles. The third kappa shape index (κ3) is 3.92. The second kappa shape index (κ2) is 7.99. The zero-order chi connectivity index (χ0) is 18.6. The van der Waals surface area contributed by atoms with Crippen molar-refractivity contribution in [2.45, 2.75) is 50.5 Å². The molecule has 1 aliphatic heterocycles. The Hall–Kier alpha value is -2.55. The molecule has 3 heteroatoms. The van der Waals surface area contributed by atoms with Gasteiger partial charge in [0.15, 0.2) is 0 Å². The van der Waals surface area contributed by atoms with Crippen LogP contribution in [0.4, 0.5) is 11.4 Å². The molecule has 1 N–H and O–H groups in total. The van der Waals surface area contributed by atoms with Crippen molar-refractivity contribution in [3.8, 4) is 0 Å². The van der Waals surface area contributed by atoms with Crippen LogP contribution in [0.15, 0.2) is 61.2 Å². The van der Waals surface area contributed by atoms with E-state index in [1.165, 1.54) is 60.7 Å². The van der Waals surface area contributed by atoms with Crippen LogP contribution < -0.4 is 10.2 Å². The number of amides is 1. The van der Waals surface area contributed by atoms with E-state index in [4.69, 9.17) is 0 Å². The van der Waals surface area contributed by atoms with Gasteiger partial charge in [0, 0.05) is 17.9 Å². The minimum absolute atomic E-state index is 0.0865. The van der Waals surface area contributed by atoms with Gasteiger partial charge in [0.2, 0.25) is 5.91 Å². The van der Waals surface area contributed by atoms with Crippen molar-refractivity contribution in [2.24, 2.45) is 0 Å². The largest absolute Gasteiger partial charge is 0.348 e. The highest BCUT2D eigenvalue weighted by molar-refractivity contribution is 5.87. The van der Waals surface area contributed by atoms with E-state index in [1.807, 2.05) is 0 Å². The first-order chi connectivity index (χ1) is 13.2. The lowest BCUT2D eigenvalue weighted by Gasteiger charge is -2.36. The minimum atomic E-state index is -0.105. The van der Waals surface area contributed by atoms with Crippen LogP contribution in [0.5, 0.6) is 0 Å². The van der Waals surface area contributed by atoms with Gasteiger partial charge in [-0.1, -0.05) is 56.2 Å². The van der Waals surface area contributed by atoms with Crippen molar-refractivity contribution >= 4 is 17.3 Å². The van der Waals surface area contributed by atoms with Crippen molar-refractivity contribution in [3.63, 3.8) is 0 Å². The number of hydrogen-bond donors (Lipinski definition) is 1. The molecular weight excluding hydrogens is 332 g/mol. The minimum Gasteiger partial charge on any atom is -0.348 e. The van der Waals surface area contributed by atoms with E-state index in [2.05, 4.69) is 65.3 Å². The maximum absolute atomic E-state index is 11.8. The summed E-state index contributed by atoms with van der Waals surface area (Å²) in [6, 6.07) is 17.7. The molecule has 1 fully saturated rings. The van der Waals surface area contributed by atoms with Crippen LogP contribution in [-0.4, -0.2) is 18.5 Å². The van der Waals surface area contributed by atoms with Gasteiger partial charge in [-0.2, -0.15) is 0 Å². The fourth-order valence-electron chi connectivity index (χ4n) is 4.56. The molecule has 1 heterocycles. The molecule has 0 aromatic heterocycles. The van der Waals surface area contributed by atoms with E-state index in [-0.39, 0.29) is 11.9 Å². The second-order valence-corrected chi connectivity index (χ2v) is 7.78. The Balaban J connectivity index is 1.58. The van der Waals surface area contributed by atoms with E-state index in [0.29, 0.717) is 0 Å². The standard InChI is InChI=1S/C24H28N2O/c1-2-24(27)25-21-16-20-10-6-7-11-23(20)26(17-21)22-14-12-19(13-15-22)18-8-4-3-5-9-18/h2,6-7,10-15,18,21H,1,3-5,8-9,16-17H2,(H,25,27). The van der Waals surface area contributed by atoms with Crippen LogP contribution >= 0.6 is 0 Å². The molecule has 0 saturated heterocycles. The molecule has 0 spiro atoms. The molecule has 0 radical (unpaired) electrons. The topological polar surface area (TPSA) is 32.3 Å². The molecule has 0 bridgehead atoms. The molecule has 4 rings (SSSR count). The number of para-hydroxylation sites is 1. The van der Waals surface area contributed by atoms with Gasteiger partial charge in [0.1, 0.15) is 0 Å². The highest BCUT2D eigenvalue weighted by Crippen LogP contribution is 2.36. The van der Waals surface area contributed by atoms with E-state index < -0.39 is 0 Å². The van der Waals surface area contributed by atoms with Crippen molar-refractivity contribution in [1.82, 2.24) is 5.32 Å². The van der Waals surface area contributed by atoms with Gasteiger partial charge in [0.25, 0.3) is 0 Å². The van der Waals surface area contributed by atoms with Crippen molar-refractivity contribution < 1.29 is 4.79 Å². The molecule has 2 aromatic rings. The highest BCUT2D eigenvalue weighted by atomic mass is 16.1. The quantitative estimate of drug-likeness (QED) is 0.770. The van der Waals surface area contributed by atoms with E-state index in [0.717, 1.165) is 18.9 Å². The Labute approximate surface area is 162 Å². The summed E-state index contributed by atoms with van der Waals surface area (Å²) >= 11 is 0. The summed E-state index contributed by atoms with van der Waals surface area (Å²) in [6.45, 7) is 4.35. The summed E-state index contributed by atoms with van der Waals surface area (Å²) in [5, 5.41) is 3.07. The summed E-state index contributed by atoms with van der Waals surface area (Å²) in [5.74, 6) is 0.619. The predicted octanol–water partition coefficient (Wildman–Crippen LogP) is 5.10. The molecule has 1 aliphatic carbocycles. The third-order valence-electron chi connectivity index (χ3n) is 5.96. The molecule has 27 heavy (non-hydrogen) atoms. The molecule has 1 unspecified atom stereocenters. The number of carbonyl (C=O) groups is 1. The monoisotopic (exact) mass is 360 g/mol. The maximum Gasteiger partial charge on any atom is 0.243 e. The Morgan fingerprint density at radius 2 is 1.78 bits per heavy atom. The van der Waals surface area contributed by atoms with Gasteiger partial charge < -0.3 is 10.2 Å². The molecule has 1 amide bonds. The summed E-state index contributed by atoms with van der Waals surface area (Å²) in [5.41, 5.74) is 5.18. The van der Waals surface area contributed by atoms with Crippen LogP contribution in [0.1, 0.15) is 49.1 Å². The van der Waals surface area contributed by atoms with Gasteiger partial charge in [0.05, 0.1) is 6.04 Å². The van der Waals surface area contributed by atoms with Crippen LogP contribution in [0.25, 0.3) is 0 Å². The zero-order valence-corrected chi connectivity index (χ0v) is 15.9. The average molecular weight is 361 g/mol. The molecular formula is C24H28N2O. The number of benzene rings is 2. The molecule has 2 aliphatic rings. The van der Waals surface area contributed by atoms with Gasteiger partial charge in [-0.25, -0.2) is 0 Å². The number of nitrogens with one attached hydrogen (secondary N) is 1. The summed E-state index contributed by atoms with van der Waals surface area (Å²) in [6.07, 6.45) is 8.95. The van der Waals surface area contributed by atoms with Crippen LogP contribution in [0, 0.1) is 0 Å². The number of rotatable bonds is 4. The lowest BCUT2D eigenvalue weighted by atomic mass is 9.84. The Morgan fingerprint density at radius 1 is 1.04 bits per heavy atom. The first-order valence-corrected chi connectivity index (χ1v) is 10.1. The number of fused-ring (bicyclic) bond motifs is 1. The van der Waals surface area contributed by atoms with Crippen molar-refractivity contribution in [2.75, 3.05) is 11.4 Å². The normalized spacial score (nSPS) is 20.0. The van der Waals surface area contributed by atoms with Crippen LogP contribution in [0.2, 0.25) is 0 Å². The van der Waals surface area contributed by atoms with Crippen LogP contribution in [-0.2, 0) is 11.2 Å². The second-order valence-electron chi connectivity index (χ2n) is 7.78. The van der Waals surface area contributed by atoms with E-state index in [9.17, 15) is 4.79 Å². The van der Waals surface area contributed by atoms with Gasteiger partial charge in [-0.15, -0.1) is 0 Å². The van der Waals surface area contributed by atoms with Gasteiger partial charge in [-0.3, -0.25) is 4.79 Å². The van der Waals surface area contributed by atoms with Gasteiger partial charge >= 0.3 is 0 Å². The number of nitrogens with zero attached hydrogens (tertiary/aromatic N) is 1. The molecule has 140 valence electrons. The predicted molar refractivity (Wildman–Crippen MR) is 112 cm³/mol. The van der Waals surface area contributed by atoms with Gasteiger partial charge in [-0.05, 0) is 60.6 Å². The fraction of sp³-hybridized carbons (Fsp3) is 0.375. The lowest BCUT2D eigenvalue weighted by molar-refractivity contribution is -0.117. The van der Waals surface area contributed by atoms with Crippen molar-refractivity contribution in [1.29, 1.82) is 0 Å². The van der Waals surface area contributed by atoms with E-state index >= 15 is 0 Å². The highest BCUT2D eigenvalue weighted by Gasteiger charge is 2.26. The SMILES string of the molecule is C=CC(=O)NC1Cc2ccccc2N(c2ccc(C3CCCCC3)cc2)C1. The zero-order valence-electron chi connectivity index (χ0n) is 15.9. The first-order valence-electron chi connectivity index (χ1n) is 10.1. The maximum atomic E-state index is 11.8. The molecule has 2 aromatic carbocycles.